The highest BCUT2D eigenvalue weighted by Crippen LogP contribution is 2.44. The quantitative estimate of drug-likeness (QED) is 0.181. The smallest absolute Gasteiger partial charge is 0.385 e. The van der Waals surface area contributed by atoms with Gasteiger partial charge in [-0.05, 0) is 82.2 Å². The van der Waals surface area contributed by atoms with Crippen LogP contribution in [0.15, 0.2) is 40.9 Å². The molecule has 2 aliphatic rings. The van der Waals surface area contributed by atoms with Gasteiger partial charge in [-0.25, -0.2) is 10.0 Å². The highest BCUT2D eigenvalue weighted by atomic mass is 79.9. The molecule has 0 saturated carbocycles. The summed E-state index contributed by atoms with van der Waals surface area (Å²) in [7, 11) is 1.93. The van der Waals surface area contributed by atoms with Crippen LogP contribution in [0.25, 0.3) is 22.4 Å². The van der Waals surface area contributed by atoms with E-state index in [1.807, 2.05) is 48.0 Å². The van der Waals surface area contributed by atoms with E-state index in [1.54, 1.807) is 0 Å². The molecular weight excluding hydrogens is 553 g/mol. The lowest BCUT2D eigenvalue weighted by Crippen LogP contribution is -2.34. The second-order valence-electron chi connectivity index (χ2n) is 9.35. The number of epoxide rings is 1. The van der Waals surface area contributed by atoms with Crippen LogP contribution in [0, 0.1) is 0 Å². The van der Waals surface area contributed by atoms with Crippen molar-refractivity contribution in [2.24, 2.45) is 0 Å². The Labute approximate surface area is 221 Å². The van der Waals surface area contributed by atoms with E-state index in [1.165, 1.54) is 5.06 Å². The molecule has 2 aromatic carbocycles. The van der Waals surface area contributed by atoms with Crippen molar-refractivity contribution in [2.45, 2.75) is 50.4 Å². The summed E-state index contributed by atoms with van der Waals surface area (Å²) in [5.74, 6) is 0.773. The molecule has 2 unspecified atom stereocenters. The molecule has 1 aromatic heterocycles. The number of halogens is 4. The number of fused-ring (bicyclic) bond motifs is 5. The molecule has 0 amide bonds. The van der Waals surface area contributed by atoms with Gasteiger partial charge in [0, 0.05) is 22.3 Å². The Morgan fingerprint density at radius 2 is 1.92 bits per heavy atom. The fourth-order valence-corrected chi connectivity index (χ4v) is 5.17. The number of rotatable bonds is 11. The number of aromatic nitrogens is 2. The van der Waals surface area contributed by atoms with Crippen LogP contribution in [0.4, 0.5) is 24.5 Å². The van der Waals surface area contributed by atoms with Gasteiger partial charge in [0.25, 0.3) is 0 Å². The first-order valence-electron chi connectivity index (χ1n) is 12.4. The summed E-state index contributed by atoms with van der Waals surface area (Å²) < 4.78 is 45.5. The van der Waals surface area contributed by atoms with Crippen molar-refractivity contribution in [3.05, 3.63) is 40.9 Å². The van der Waals surface area contributed by atoms with E-state index in [-0.39, 0.29) is 0 Å². The average Bonchev–Trinajstić information content (AvgIpc) is 3.56. The first kappa shape index (κ1) is 26.2. The Morgan fingerprint density at radius 3 is 2.68 bits per heavy atom. The van der Waals surface area contributed by atoms with E-state index < -0.39 is 24.7 Å². The number of ether oxygens (including phenoxy) is 1. The van der Waals surface area contributed by atoms with Crippen LogP contribution in [0.3, 0.4) is 0 Å². The topological polar surface area (TPSA) is 89.9 Å². The summed E-state index contributed by atoms with van der Waals surface area (Å²) in [5, 5.41) is 22.0. The number of nitrogens with one attached hydrogen (secondary N) is 3. The number of anilines is 2. The molecule has 2 aliphatic heterocycles. The minimum atomic E-state index is -4.33. The number of alkyl halides is 3. The lowest BCUT2D eigenvalue weighted by atomic mass is 10.1. The lowest BCUT2D eigenvalue weighted by Gasteiger charge is -2.36. The van der Waals surface area contributed by atoms with Gasteiger partial charge in [-0.3, -0.25) is 10.5 Å². The van der Waals surface area contributed by atoms with Crippen molar-refractivity contribution < 1.29 is 23.1 Å². The molecule has 1 saturated heterocycles. The number of unbranched alkanes of at least 4 members (excludes halogenated alkanes) is 1. The third-order valence-electron chi connectivity index (χ3n) is 6.70. The molecule has 5 rings (SSSR count). The van der Waals surface area contributed by atoms with Gasteiger partial charge in [0.2, 0.25) is 0 Å². The minimum absolute atomic E-state index is 0.400. The van der Waals surface area contributed by atoms with E-state index >= 15 is 0 Å². The molecule has 200 valence electrons. The number of hydrogen-bond donors (Lipinski definition) is 4. The largest absolute Gasteiger partial charge is 0.418 e. The predicted octanol–water partition coefficient (Wildman–Crippen LogP) is 5.24. The van der Waals surface area contributed by atoms with Gasteiger partial charge in [-0.1, -0.05) is 15.9 Å². The van der Waals surface area contributed by atoms with E-state index in [9.17, 15) is 18.4 Å². The third-order valence-corrected chi connectivity index (χ3v) is 7.19. The minimum Gasteiger partial charge on any atom is -0.385 e. The zero-order valence-corrected chi connectivity index (χ0v) is 21.9. The number of imidazole rings is 1. The summed E-state index contributed by atoms with van der Waals surface area (Å²) in [4.78, 5) is 4.92. The molecule has 12 heteroatoms. The molecule has 1 fully saturated rings. The first-order valence-corrected chi connectivity index (χ1v) is 13.2. The Hall–Kier alpha value is -2.38. The van der Waals surface area contributed by atoms with E-state index in [0.29, 0.717) is 31.5 Å². The van der Waals surface area contributed by atoms with Crippen LogP contribution in [0.5, 0.6) is 0 Å². The van der Waals surface area contributed by atoms with Gasteiger partial charge < -0.3 is 19.9 Å². The summed E-state index contributed by atoms with van der Waals surface area (Å²) in [6.07, 6.45) is -4.50. The fraction of sp³-hybridized carbons (Fsp3) is 0.480. The van der Waals surface area contributed by atoms with Crippen LogP contribution in [-0.4, -0.2) is 59.9 Å². The summed E-state index contributed by atoms with van der Waals surface area (Å²) >= 11 is 3.52. The SMILES string of the molecule is CNCCCNc1ccc2c(c1)-c1nc3cc(Br)ccc3n1[C@@H](CCCCNC1OC1C(F)(F)F)N2O. The highest BCUT2D eigenvalue weighted by molar-refractivity contribution is 9.10. The molecule has 0 radical (unpaired) electrons. The Bertz CT molecular complexity index is 1250. The predicted molar refractivity (Wildman–Crippen MR) is 140 cm³/mol. The maximum absolute atomic E-state index is 12.6. The van der Waals surface area contributed by atoms with E-state index in [2.05, 4.69) is 36.6 Å². The van der Waals surface area contributed by atoms with Crippen LogP contribution < -0.4 is 21.0 Å². The second-order valence-corrected chi connectivity index (χ2v) is 10.3. The molecule has 3 aromatic rings. The normalized spacial score (nSPS) is 20.7. The lowest BCUT2D eigenvalue weighted by molar-refractivity contribution is -0.146. The van der Waals surface area contributed by atoms with Crippen LogP contribution in [0.2, 0.25) is 0 Å². The standard InChI is InChI=1S/C25H30BrF3N6O2/c1-30-10-4-12-31-16-7-9-19-17(14-16)23-33-18-13-15(26)6-8-20(18)34(23)21(35(19)36)5-2-3-11-32-24-22(37-24)25(27,28)29/h6-9,13-14,21-22,24,30-32,36H,2-5,10-12H2,1H3/t21-,22?,24?/m1/s1. The van der Waals surface area contributed by atoms with E-state index in [0.717, 1.165) is 52.1 Å². The van der Waals surface area contributed by atoms with Crippen molar-refractivity contribution in [1.29, 1.82) is 0 Å². The monoisotopic (exact) mass is 582 g/mol. The molecule has 8 nitrogen and oxygen atoms in total. The van der Waals surface area contributed by atoms with Crippen LogP contribution in [0.1, 0.15) is 31.8 Å². The van der Waals surface area contributed by atoms with Gasteiger partial charge in [0.05, 0.1) is 16.7 Å². The van der Waals surface area contributed by atoms with Crippen LogP contribution in [-0.2, 0) is 4.74 Å². The number of hydrogen-bond acceptors (Lipinski definition) is 7. The summed E-state index contributed by atoms with van der Waals surface area (Å²) in [6.45, 7) is 2.14. The second kappa shape index (κ2) is 10.8. The summed E-state index contributed by atoms with van der Waals surface area (Å²) in [5.41, 5.74) is 4.17. The average molecular weight is 583 g/mol. The Balaban J connectivity index is 1.33. The van der Waals surface area contributed by atoms with Gasteiger partial charge >= 0.3 is 6.18 Å². The van der Waals surface area contributed by atoms with Crippen molar-refractivity contribution in [3.63, 3.8) is 0 Å². The van der Waals surface area contributed by atoms with E-state index in [4.69, 9.17) is 4.98 Å². The molecule has 3 atom stereocenters. The maximum Gasteiger partial charge on any atom is 0.418 e. The molecule has 0 spiro atoms. The van der Waals surface area contributed by atoms with Crippen molar-refractivity contribution in [1.82, 2.24) is 20.2 Å². The Morgan fingerprint density at radius 1 is 1.08 bits per heavy atom. The number of hydroxylamine groups is 1. The van der Waals surface area contributed by atoms with Gasteiger partial charge in [-0.2, -0.15) is 13.2 Å². The zero-order valence-electron chi connectivity index (χ0n) is 20.4. The van der Waals surface area contributed by atoms with Crippen molar-refractivity contribution >= 4 is 38.3 Å². The molecule has 3 heterocycles. The van der Waals surface area contributed by atoms with Gasteiger partial charge in [0.15, 0.2) is 6.10 Å². The van der Waals surface area contributed by atoms with Gasteiger partial charge in [-0.15, -0.1) is 0 Å². The fourth-order valence-electron chi connectivity index (χ4n) is 4.82. The number of benzene rings is 2. The molecule has 0 aliphatic carbocycles. The molecular formula is C25H30BrF3N6O2. The first-order chi connectivity index (χ1) is 17.8. The molecule has 37 heavy (non-hydrogen) atoms. The van der Waals surface area contributed by atoms with Crippen molar-refractivity contribution in [3.8, 4) is 11.4 Å². The zero-order chi connectivity index (χ0) is 26.2. The molecule has 0 bridgehead atoms. The van der Waals surface area contributed by atoms with Crippen LogP contribution >= 0.6 is 15.9 Å². The summed E-state index contributed by atoms with van der Waals surface area (Å²) in [6, 6.07) is 11.7. The highest BCUT2D eigenvalue weighted by Gasteiger charge is 2.57. The molecule has 4 N–H and O–H groups in total. The van der Waals surface area contributed by atoms with Crippen molar-refractivity contribution in [2.75, 3.05) is 37.1 Å². The maximum atomic E-state index is 12.6. The number of nitrogens with zero attached hydrogens (tertiary/aromatic N) is 3. The van der Waals surface area contributed by atoms with Gasteiger partial charge in [0.1, 0.15) is 18.2 Å². The third kappa shape index (κ3) is 5.58. The Kier molecular flexibility index (Phi) is 7.64.